The van der Waals surface area contributed by atoms with Crippen LogP contribution >= 0.6 is 0 Å². The van der Waals surface area contributed by atoms with E-state index in [4.69, 9.17) is 0 Å². The molecule has 3 aromatic rings. The van der Waals surface area contributed by atoms with Crippen molar-refractivity contribution in [3.05, 3.63) is 94.0 Å². The molecule has 0 amide bonds. The Kier molecular flexibility index (Phi) is 4.19. The predicted molar refractivity (Wildman–Crippen MR) is 103 cm³/mol. The average molecular weight is 343 g/mol. The van der Waals surface area contributed by atoms with E-state index in [0.717, 1.165) is 22.6 Å². The molecule has 0 fully saturated rings. The molecule has 1 aliphatic heterocycles. The summed E-state index contributed by atoms with van der Waals surface area (Å²) in [5.41, 5.74) is 5.40. The van der Waals surface area contributed by atoms with Gasteiger partial charge in [-0.1, -0.05) is 54.6 Å². The van der Waals surface area contributed by atoms with Crippen LogP contribution in [0.2, 0.25) is 0 Å². The fourth-order valence-electron chi connectivity index (χ4n) is 3.04. The van der Waals surface area contributed by atoms with Gasteiger partial charge in [-0.3, -0.25) is 15.1 Å². The molecule has 1 heterocycles. The number of nitrogens with zero attached hydrogens (tertiary/aromatic N) is 2. The molecular formula is C21H17N3O2. The summed E-state index contributed by atoms with van der Waals surface area (Å²) in [6.07, 6.45) is 0.676. The van der Waals surface area contributed by atoms with Gasteiger partial charge in [0.25, 0.3) is 5.69 Å². The number of fused-ring (bicyclic) bond motifs is 1. The largest absolute Gasteiger partial charge is 0.343 e. The molecule has 4 rings (SSSR count). The molecule has 0 aromatic heterocycles. The topological polar surface area (TPSA) is 67.5 Å². The van der Waals surface area contributed by atoms with Crippen LogP contribution in [0.5, 0.6) is 0 Å². The van der Waals surface area contributed by atoms with E-state index in [1.165, 1.54) is 17.2 Å². The van der Waals surface area contributed by atoms with Crippen LogP contribution < -0.4 is 5.32 Å². The van der Waals surface area contributed by atoms with Gasteiger partial charge in [-0.15, -0.1) is 0 Å². The lowest BCUT2D eigenvalue weighted by Gasteiger charge is -2.04. The van der Waals surface area contributed by atoms with Gasteiger partial charge in [0.1, 0.15) is 5.84 Å². The highest BCUT2D eigenvalue weighted by Gasteiger charge is 2.19. The lowest BCUT2D eigenvalue weighted by molar-refractivity contribution is -0.384. The number of nitrogens with one attached hydrogen (secondary N) is 1. The molecule has 5 heteroatoms. The van der Waals surface area contributed by atoms with Crippen LogP contribution in [0.4, 0.5) is 11.4 Å². The maximum Gasteiger partial charge on any atom is 0.271 e. The van der Waals surface area contributed by atoms with Crippen molar-refractivity contribution in [1.82, 2.24) is 0 Å². The highest BCUT2D eigenvalue weighted by molar-refractivity contribution is 6.03. The molecule has 1 N–H and O–H groups in total. The second kappa shape index (κ2) is 6.80. The number of hydrogen-bond acceptors (Lipinski definition) is 3. The number of hydrogen-bond donors (Lipinski definition) is 1. The molecule has 0 bridgehead atoms. The van der Waals surface area contributed by atoms with Gasteiger partial charge in [0, 0.05) is 24.2 Å². The van der Waals surface area contributed by atoms with Crippen molar-refractivity contribution in [3.63, 3.8) is 0 Å². The molecular weight excluding hydrogens is 326 g/mol. The highest BCUT2D eigenvalue weighted by Crippen LogP contribution is 2.28. The first-order valence-corrected chi connectivity index (χ1v) is 8.41. The number of nitro groups is 1. The number of nitro benzene ring substituents is 1. The number of benzene rings is 3. The summed E-state index contributed by atoms with van der Waals surface area (Å²) in [7, 11) is 0. The standard InChI is InChI=1S/C21H17N3O2/c25-24(26)19-11-10-18-12-21(23-20(18)13-19)22-14-15-6-8-17(9-7-15)16-4-2-1-3-5-16/h1-11,13H,12,14H2,(H,22,23). The van der Waals surface area contributed by atoms with Crippen LogP contribution in [0.15, 0.2) is 77.8 Å². The minimum absolute atomic E-state index is 0.0917. The molecule has 5 nitrogen and oxygen atoms in total. The van der Waals surface area contributed by atoms with E-state index >= 15 is 0 Å². The molecule has 128 valence electrons. The lowest BCUT2D eigenvalue weighted by Crippen LogP contribution is -2.06. The van der Waals surface area contributed by atoms with Crippen LogP contribution in [0.25, 0.3) is 11.1 Å². The smallest absolute Gasteiger partial charge is 0.271 e. The van der Waals surface area contributed by atoms with Crippen LogP contribution in [-0.2, 0) is 13.0 Å². The van der Waals surface area contributed by atoms with Gasteiger partial charge in [-0.2, -0.15) is 0 Å². The average Bonchev–Trinajstić information content (AvgIpc) is 3.09. The summed E-state index contributed by atoms with van der Waals surface area (Å²) >= 11 is 0. The van der Waals surface area contributed by atoms with Crippen molar-refractivity contribution in [2.75, 3.05) is 5.32 Å². The summed E-state index contributed by atoms with van der Waals surface area (Å²) in [5.74, 6) is 0.840. The van der Waals surface area contributed by atoms with Gasteiger partial charge in [-0.05, 0) is 28.3 Å². The molecule has 0 spiro atoms. The number of non-ortho nitro benzene ring substituents is 1. The molecule has 3 aromatic carbocycles. The van der Waals surface area contributed by atoms with Crippen molar-refractivity contribution < 1.29 is 4.92 Å². The van der Waals surface area contributed by atoms with Gasteiger partial charge in [0.2, 0.25) is 0 Å². The minimum Gasteiger partial charge on any atom is -0.343 e. The van der Waals surface area contributed by atoms with Gasteiger partial charge in [0.15, 0.2) is 0 Å². The fraction of sp³-hybridized carbons (Fsp3) is 0.0952. The van der Waals surface area contributed by atoms with Gasteiger partial charge >= 0.3 is 0 Å². The molecule has 0 saturated heterocycles. The van der Waals surface area contributed by atoms with Crippen LogP contribution in [0, 0.1) is 10.1 Å². The van der Waals surface area contributed by atoms with E-state index < -0.39 is 0 Å². The van der Waals surface area contributed by atoms with Crippen molar-refractivity contribution in [1.29, 1.82) is 0 Å². The molecule has 0 unspecified atom stereocenters. The van der Waals surface area contributed by atoms with E-state index in [1.54, 1.807) is 12.1 Å². The Morgan fingerprint density at radius 2 is 1.69 bits per heavy atom. The van der Waals surface area contributed by atoms with Gasteiger partial charge in [0.05, 0.1) is 11.5 Å². The maximum atomic E-state index is 10.9. The first-order chi connectivity index (χ1) is 12.7. The van der Waals surface area contributed by atoms with Crippen molar-refractivity contribution >= 4 is 17.2 Å². The van der Waals surface area contributed by atoms with Crippen LogP contribution in [-0.4, -0.2) is 10.8 Å². The summed E-state index contributed by atoms with van der Waals surface area (Å²) in [4.78, 5) is 15.1. The Labute approximate surface area is 151 Å². The molecule has 0 atom stereocenters. The Morgan fingerprint density at radius 3 is 2.42 bits per heavy atom. The number of anilines is 1. The van der Waals surface area contributed by atoms with Crippen molar-refractivity contribution in [3.8, 4) is 11.1 Å². The van der Waals surface area contributed by atoms with E-state index in [2.05, 4.69) is 46.7 Å². The molecule has 0 radical (unpaired) electrons. The summed E-state index contributed by atoms with van der Waals surface area (Å²) in [6.45, 7) is 0.577. The number of amidine groups is 1. The van der Waals surface area contributed by atoms with Gasteiger partial charge < -0.3 is 5.32 Å². The Balaban J connectivity index is 1.45. The second-order valence-corrected chi connectivity index (χ2v) is 6.23. The third-order valence-corrected chi connectivity index (χ3v) is 4.45. The predicted octanol–water partition coefficient (Wildman–Crippen LogP) is 4.83. The third kappa shape index (κ3) is 3.32. The monoisotopic (exact) mass is 343 g/mol. The number of rotatable bonds is 4. The zero-order valence-corrected chi connectivity index (χ0v) is 14.1. The van der Waals surface area contributed by atoms with Crippen LogP contribution in [0.1, 0.15) is 11.1 Å². The molecule has 0 aliphatic carbocycles. The van der Waals surface area contributed by atoms with E-state index in [1.807, 2.05) is 18.2 Å². The van der Waals surface area contributed by atoms with Crippen molar-refractivity contribution in [2.24, 2.45) is 4.99 Å². The molecule has 1 aliphatic rings. The van der Waals surface area contributed by atoms with Crippen molar-refractivity contribution in [2.45, 2.75) is 13.0 Å². The summed E-state index contributed by atoms with van der Waals surface area (Å²) in [5, 5.41) is 14.1. The van der Waals surface area contributed by atoms with E-state index in [9.17, 15) is 10.1 Å². The molecule has 0 saturated carbocycles. The SMILES string of the molecule is O=[N+]([O-])c1ccc2c(c1)NC(=NCc1ccc(-c3ccccc3)cc1)C2. The maximum absolute atomic E-state index is 10.9. The highest BCUT2D eigenvalue weighted by atomic mass is 16.6. The summed E-state index contributed by atoms with van der Waals surface area (Å²) < 4.78 is 0. The normalized spacial score (nSPS) is 14.1. The quantitative estimate of drug-likeness (QED) is 0.545. The summed E-state index contributed by atoms with van der Waals surface area (Å²) in [6, 6.07) is 23.5. The molecule has 26 heavy (non-hydrogen) atoms. The van der Waals surface area contributed by atoms with E-state index in [-0.39, 0.29) is 10.6 Å². The fourth-order valence-corrected chi connectivity index (χ4v) is 3.04. The third-order valence-electron chi connectivity index (χ3n) is 4.45. The number of aliphatic imine (C=N–C) groups is 1. The Hall–Kier alpha value is -3.47. The zero-order valence-electron chi connectivity index (χ0n) is 14.1. The Bertz CT molecular complexity index is 980. The van der Waals surface area contributed by atoms with Gasteiger partial charge in [-0.25, -0.2) is 0 Å². The zero-order chi connectivity index (χ0) is 17.9. The van der Waals surface area contributed by atoms with E-state index in [0.29, 0.717) is 13.0 Å². The second-order valence-electron chi connectivity index (χ2n) is 6.23. The minimum atomic E-state index is -0.384. The first-order valence-electron chi connectivity index (χ1n) is 8.41. The first kappa shape index (κ1) is 16.0. The lowest BCUT2D eigenvalue weighted by atomic mass is 10.0. The Morgan fingerprint density at radius 1 is 0.962 bits per heavy atom. The van der Waals surface area contributed by atoms with Crippen LogP contribution in [0.3, 0.4) is 0 Å².